The minimum atomic E-state index is 0.297. The minimum absolute atomic E-state index is 0.297. The van der Waals surface area contributed by atoms with Crippen molar-refractivity contribution < 1.29 is 6.17 Å². The van der Waals surface area contributed by atoms with Crippen molar-refractivity contribution in [1.82, 2.24) is 0 Å². The van der Waals surface area contributed by atoms with E-state index in [1.165, 1.54) is 0 Å². The fourth-order valence-electron chi connectivity index (χ4n) is 0.779. The smallest absolute Gasteiger partial charge is 0.145 e. The largest absolute Gasteiger partial charge is 0.298 e. The van der Waals surface area contributed by atoms with E-state index in [4.69, 9.17) is 1.37 Å². The van der Waals surface area contributed by atoms with Crippen molar-refractivity contribution in [2.24, 2.45) is 0 Å². The zero-order valence-corrected chi connectivity index (χ0v) is 6.37. The van der Waals surface area contributed by atoms with E-state index in [1.54, 1.807) is 6.92 Å². The van der Waals surface area contributed by atoms with Crippen molar-refractivity contribution in [3.8, 4) is 0 Å². The van der Waals surface area contributed by atoms with Crippen LogP contribution in [0.15, 0.2) is 35.9 Å². The molecule has 0 radical (unpaired) electrons. The number of aldehydes is 1. The number of carbonyl (C=O) groups is 1. The number of hydrogen-bond acceptors (Lipinski definition) is 1. The normalized spacial score (nSPS) is 13.4. The van der Waals surface area contributed by atoms with Gasteiger partial charge in [0.1, 0.15) is 6.29 Å². The lowest BCUT2D eigenvalue weighted by atomic mass is 10.1. The van der Waals surface area contributed by atoms with Gasteiger partial charge in [0.2, 0.25) is 0 Å². The van der Waals surface area contributed by atoms with Crippen molar-refractivity contribution >= 4 is 12.3 Å². The summed E-state index contributed by atoms with van der Waals surface area (Å²) in [6.07, 6.45) is 0.704. The van der Waals surface area contributed by atoms with Crippen LogP contribution in [0.3, 0.4) is 0 Å². The molecule has 0 aliphatic carbocycles. The van der Waals surface area contributed by atoms with Crippen LogP contribution < -0.4 is 0 Å². The van der Waals surface area contributed by atoms with Gasteiger partial charge < -0.3 is 0 Å². The van der Waals surface area contributed by atoms with Crippen molar-refractivity contribution in [1.29, 1.82) is 0 Å². The van der Waals surface area contributed by atoms with Crippen LogP contribution in [-0.2, 0) is 4.79 Å². The van der Waals surface area contributed by atoms with E-state index in [9.17, 15) is 4.79 Å². The van der Waals surface area contributed by atoms with Crippen LogP contribution in [0, 0.1) is 0 Å². The Morgan fingerprint density at radius 1 is 1.45 bits per heavy atom. The van der Waals surface area contributed by atoms with Crippen molar-refractivity contribution in [2.45, 2.75) is 6.92 Å². The van der Waals surface area contributed by atoms with E-state index in [-0.39, 0.29) is 0 Å². The zero-order valence-electron chi connectivity index (χ0n) is 7.37. The number of rotatable bonds is 2. The Kier molecular flexibility index (Phi) is 2.14. The zero-order chi connectivity index (χ0) is 8.97. The van der Waals surface area contributed by atoms with Crippen LogP contribution >= 0.6 is 0 Å². The molecule has 1 nitrogen and oxygen atoms in total. The Morgan fingerprint density at radius 3 is 2.64 bits per heavy atom. The fraction of sp³-hybridized carbons (Fsp3) is 0.100. The van der Waals surface area contributed by atoms with Crippen LogP contribution in [0.2, 0.25) is 0 Å². The first-order chi connectivity index (χ1) is 5.75. The van der Waals surface area contributed by atoms with Gasteiger partial charge >= 0.3 is 0 Å². The van der Waals surface area contributed by atoms with E-state index in [1.807, 2.05) is 30.3 Å². The van der Waals surface area contributed by atoms with Gasteiger partial charge in [0.15, 0.2) is 0 Å². The molecule has 0 aliphatic heterocycles. The maximum Gasteiger partial charge on any atom is 0.145 e. The van der Waals surface area contributed by atoms with E-state index in [2.05, 4.69) is 0 Å². The molecule has 0 saturated carbocycles. The SMILES string of the molecule is [2H]/C(=C(/C)C=O)c1ccccc1. The van der Waals surface area contributed by atoms with Crippen molar-refractivity contribution in [2.75, 3.05) is 0 Å². The molecular weight excluding hydrogens is 136 g/mol. The molecule has 1 rings (SSSR count). The van der Waals surface area contributed by atoms with Gasteiger partial charge in [0, 0.05) is 0 Å². The average Bonchev–Trinajstić information content (AvgIpc) is 2.17. The average molecular weight is 147 g/mol. The first-order valence-corrected chi connectivity index (χ1v) is 3.44. The number of hydrogen-bond donors (Lipinski definition) is 0. The lowest BCUT2D eigenvalue weighted by molar-refractivity contribution is -0.104. The third-order valence-electron chi connectivity index (χ3n) is 1.29. The molecule has 0 spiro atoms. The van der Waals surface area contributed by atoms with Gasteiger partial charge in [-0.3, -0.25) is 4.79 Å². The highest BCUT2D eigenvalue weighted by Gasteiger charge is 1.85. The summed E-state index contributed by atoms with van der Waals surface area (Å²) in [6.45, 7) is 1.64. The summed E-state index contributed by atoms with van der Waals surface area (Å²) in [4.78, 5) is 10.3. The van der Waals surface area contributed by atoms with Crippen LogP contribution in [-0.4, -0.2) is 6.29 Å². The van der Waals surface area contributed by atoms with Crippen molar-refractivity contribution in [3.05, 3.63) is 41.5 Å². The van der Waals surface area contributed by atoms with Crippen LogP contribution in [0.5, 0.6) is 0 Å². The van der Waals surface area contributed by atoms with Gasteiger partial charge in [-0.25, -0.2) is 0 Å². The molecule has 0 amide bonds. The molecule has 0 bridgehead atoms. The molecule has 0 aliphatic rings. The summed E-state index contributed by atoms with van der Waals surface area (Å²) in [5.41, 5.74) is 1.24. The first kappa shape index (κ1) is 6.35. The monoisotopic (exact) mass is 147 g/mol. The van der Waals surface area contributed by atoms with Crippen LogP contribution in [0.4, 0.5) is 0 Å². The Bertz CT molecular complexity index is 301. The quantitative estimate of drug-likeness (QED) is 0.463. The molecule has 0 N–H and O–H groups in total. The highest BCUT2D eigenvalue weighted by atomic mass is 16.1. The third kappa shape index (κ3) is 2.38. The minimum Gasteiger partial charge on any atom is -0.298 e. The predicted octanol–water partition coefficient (Wildman–Crippen LogP) is 2.29. The number of benzene rings is 1. The molecule has 1 aromatic rings. The van der Waals surface area contributed by atoms with Gasteiger partial charge in [0.05, 0.1) is 1.37 Å². The second-order valence-electron chi connectivity index (χ2n) is 2.29. The second-order valence-corrected chi connectivity index (χ2v) is 2.29. The Balaban J connectivity index is 3.08. The molecule has 0 atom stereocenters. The lowest BCUT2D eigenvalue weighted by Gasteiger charge is -1.90. The first-order valence-electron chi connectivity index (χ1n) is 3.94. The predicted molar refractivity (Wildman–Crippen MR) is 46.2 cm³/mol. The van der Waals surface area contributed by atoms with Crippen molar-refractivity contribution in [3.63, 3.8) is 0 Å². The third-order valence-corrected chi connectivity index (χ3v) is 1.29. The maximum atomic E-state index is 10.3. The van der Waals surface area contributed by atoms with Crippen LogP contribution in [0.25, 0.3) is 6.05 Å². The molecule has 0 fully saturated rings. The van der Waals surface area contributed by atoms with Gasteiger partial charge in [-0.1, -0.05) is 30.3 Å². The topological polar surface area (TPSA) is 17.1 Å². The molecule has 0 heterocycles. The summed E-state index contributed by atoms with van der Waals surface area (Å²) in [6, 6.07) is 9.51. The summed E-state index contributed by atoms with van der Waals surface area (Å²) >= 11 is 0. The van der Waals surface area contributed by atoms with E-state index in [0.717, 1.165) is 5.56 Å². The summed E-state index contributed by atoms with van der Waals surface area (Å²) in [5, 5.41) is 0. The molecule has 11 heavy (non-hydrogen) atoms. The summed E-state index contributed by atoms with van der Waals surface area (Å²) in [5.74, 6) is 0. The Hall–Kier alpha value is -1.37. The van der Waals surface area contributed by atoms with Gasteiger partial charge in [-0.2, -0.15) is 0 Å². The van der Waals surface area contributed by atoms with Gasteiger partial charge in [-0.15, -0.1) is 0 Å². The lowest BCUT2D eigenvalue weighted by Crippen LogP contribution is -1.76. The maximum absolute atomic E-state index is 10.3. The molecule has 0 saturated heterocycles. The highest BCUT2D eigenvalue weighted by molar-refractivity contribution is 5.80. The second kappa shape index (κ2) is 3.71. The molecule has 1 aromatic carbocycles. The summed E-state index contributed by atoms with van der Waals surface area (Å²) < 4.78 is 7.57. The molecular formula is C10H10O. The highest BCUT2D eigenvalue weighted by Crippen LogP contribution is 2.03. The molecule has 1 heteroatoms. The standard InChI is InChI=1S/C10H10O/c1-9(8-11)7-10-5-3-2-4-6-10/h2-8H,1H3/b9-7+/i7D. The molecule has 0 unspecified atom stereocenters. The number of carbonyl (C=O) groups excluding carboxylic acids is 1. The van der Waals surface area contributed by atoms with E-state index in [0.29, 0.717) is 17.9 Å². The van der Waals surface area contributed by atoms with Gasteiger partial charge in [-0.05, 0) is 24.1 Å². The molecule has 56 valence electrons. The molecule has 0 aromatic heterocycles. The van der Waals surface area contributed by atoms with Crippen LogP contribution in [0.1, 0.15) is 13.9 Å². The van der Waals surface area contributed by atoms with E-state index >= 15 is 0 Å². The summed E-state index contributed by atoms with van der Waals surface area (Å²) in [7, 11) is 0. The fourth-order valence-corrected chi connectivity index (χ4v) is 0.779. The Morgan fingerprint density at radius 2 is 2.09 bits per heavy atom. The van der Waals surface area contributed by atoms with Gasteiger partial charge in [0.25, 0.3) is 0 Å². The van der Waals surface area contributed by atoms with E-state index < -0.39 is 0 Å². The number of allylic oxidation sites excluding steroid dienone is 1. The Labute approximate surface area is 67.8 Å².